The number of carboxylic acid groups (broad SMARTS) is 1. The van der Waals surface area contributed by atoms with Crippen LogP contribution in [0.1, 0.15) is 25.6 Å². The summed E-state index contributed by atoms with van der Waals surface area (Å²) in [6.07, 6.45) is 2.67. The summed E-state index contributed by atoms with van der Waals surface area (Å²) in [5, 5.41) is 17.1. The molecule has 114 valence electrons. The van der Waals surface area contributed by atoms with Crippen LogP contribution in [0.3, 0.4) is 0 Å². The van der Waals surface area contributed by atoms with E-state index in [4.69, 9.17) is 0 Å². The summed E-state index contributed by atoms with van der Waals surface area (Å²) in [7, 11) is 0. The number of fused-ring (bicyclic) bond motifs is 1. The fourth-order valence-corrected chi connectivity index (χ4v) is 2.84. The Labute approximate surface area is 122 Å². The summed E-state index contributed by atoms with van der Waals surface area (Å²) in [6, 6.07) is -0.0308. The normalized spacial score (nSPS) is 21.0. The number of aromatic nitrogens is 3. The standard InChI is InChI=1S/C13H19N5O3/c1-13(11(19)20)2-4-16(5-3-13)12(21)17-6-7-18-9-14-15-10(18)8-17/h9H,2-8H2,1H3,(H,19,20). The first-order valence-electron chi connectivity index (χ1n) is 7.13. The zero-order chi connectivity index (χ0) is 15.0. The third-order valence-corrected chi connectivity index (χ3v) is 4.56. The van der Waals surface area contributed by atoms with E-state index in [1.165, 1.54) is 0 Å². The van der Waals surface area contributed by atoms with Gasteiger partial charge in [0.25, 0.3) is 0 Å². The second kappa shape index (κ2) is 5.01. The van der Waals surface area contributed by atoms with Gasteiger partial charge in [0.1, 0.15) is 6.33 Å². The average Bonchev–Trinajstić information content (AvgIpc) is 2.94. The molecule has 0 saturated carbocycles. The van der Waals surface area contributed by atoms with Gasteiger partial charge in [-0.15, -0.1) is 10.2 Å². The molecule has 3 rings (SSSR count). The topological polar surface area (TPSA) is 91.6 Å². The lowest BCUT2D eigenvalue weighted by Gasteiger charge is -2.39. The number of hydrogen-bond donors (Lipinski definition) is 1. The van der Waals surface area contributed by atoms with Crippen LogP contribution in [0.25, 0.3) is 0 Å². The zero-order valence-electron chi connectivity index (χ0n) is 12.0. The van der Waals surface area contributed by atoms with Crippen molar-refractivity contribution in [3.05, 3.63) is 12.2 Å². The molecule has 2 aliphatic heterocycles. The first kappa shape index (κ1) is 13.8. The fourth-order valence-electron chi connectivity index (χ4n) is 2.84. The van der Waals surface area contributed by atoms with Crippen molar-refractivity contribution in [2.75, 3.05) is 19.6 Å². The van der Waals surface area contributed by atoms with E-state index in [1.54, 1.807) is 23.1 Å². The smallest absolute Gasteiger partial charge is 0.320 e. The van der Waals surface area contributed by atoms with Crippen molar-refractivity contribution in [3.8, 4) is 0 Å². The van der Waals surface area contributed by atoms with Gasteiger partial charge >= 0.3 is 12.0 Å². The minimum Gasteiger partial charge on any atom is -0.481 e. The third-order valence-electron chi connectivity index (χ3n) is 4.56. The lowest BCUT2D eigenvalue weighted by molar-refractivity contribution is -0.150. The Morgan fingerprint density at radius 3 is 2.57 bits per heavy atom. The highest BCUT2D eigenvalue weighted by Gasteiger charge is 2.39. The zero-order valence-corrected chi connectivity index (χ0v) is 12.0. The Morgan fingerprint density at radius 1 is 1.19 bits per heavy atom. The molecule has 3 heterocycles. The van der Waals surface area contributed by atoms with Crippen molar-refractivity contribution in [2.45, 2.75) is 32.9 Å². The number of nitrogens with zero attached hydrogens (tertiary/aromatic N) is 5. The maximum Gasteiger partial charge on any atom is 0.320 e. The van der Waals surface area contributed by atoms with E-state index in [0.29, 0.717) is 45.6 Å². The molecule has 8 nitrogen and oxygen atoms in total. The van der Waals surface area contributed by atoms with Gasteiger partial charge in [0.05, 0.1) is 12.0 Å². The lowest BCUT2D eigenvalue weighted by Crippen LogP contribution is -2.51. The van der Waals surface area contributed by atoms with Gasteiger partial charge in [0.15, 0.2) is 5.82 Å². The van der Waals surface area contributed by atoms with Crippen LogP contribution in [0.5, 0.6) is 0 Å². The predicted octanol–water partition coefficient (Wildman–Crippen LogP) is 0.400. The van der Waals surface area contributed by atoms with E-state index < -0.39 is 11.4 Å². The molecule has 0 aromatic carbocycles. The monoisotopic (exact) mass is 293 g/mol. The molecule has 21 heavy (non-hydrogen) atoms. The highest BCUT2D eigenvalue weighted by Crippen LogP contribution is 2.31. The Hall–Kier alpha value is -2.12. The molecule has 0 radical (unpaired) electrons. The molecule has 0 bridgehead atoms. The summed E-state index contributed by atoms with van der Waals surface area (Å²) in [4.78, 5) is 27.2. The van der Waals surface area contributed by atoms with E-state index in [1.807, 2.05) is 4.57 Å². The van der Waals surface area contributed by atoms with Crippen molar-refractivity contribution in [1.29, 1.82) is 0 Å². The van der Waals surface area contributed by atoms with E-state index in [9.17, 15) is 14.7 Å². The van der Waals surface area contributed by atoms with Gasteiger partial charge in [0.2, 0.25) is 0 Å². The van der Waals surface area contributed by atoms with Crippen molar-refractivity contribution < 1.29 is 14.7 Å². The number of carbonyl (C=O) groups excluding carboxylic acids is 1. The summed E-state index contributed by atoms with van der Waals surface area (Å²) < 4.78 is 1.95. The van der Waals surface area contributed by atoms with E-state index in [2.05, 4.69) is 10.2 Å². The molecule has 8 heteroatoms. The number of urea groups is 1. The Morgan fingerprint density at radius 2 is 1.90 bits per heavy atom. The van der Waals surface area contributed by atoms with Crippen molar-refractivity contribution in [1.82, 2.24) is 24.6 Å². The number of amides is 2. The molecule has 1 N–H and O–H groups in total. The van der Waals surface area contributed by atoms with Gasteiger partial charge in [-0.25, -0.2) is 4.79 Å². The van der Waals surface area contributed by atoms with Gasteiger partial charge in [-0.2, -0.15) is 0 Å². The summed E-state index contributed by atoms with van der Waals surface area (Å²) >= 11 is 0. The van der Waals surface area contributed by atoms with Crippen LogP contribution in [0.4, 0.5) is 4.79 Å². The van der Waals surface area contributed by atoms with Gasteiger partial charge in [-0.05, 0) is 19.8 Å². The summed E-state index contributed by atoms with van der Waals surface area (Å²) in [5.74, 6) is 0.0163. The highest BCUT2D eigenvalue weighted by atomic mass is 16.4. The molecule has 1 aromatic heterocycles. The largest absolute Gasteiger partial charge is 0.481 e. The van der Waals surface area contributed by atoms with Gasteiger partial charge in [0, 0.05) is 26.2 Å². The van der Waals surface area contributed by atoms with Crippen LogP contribution in [0.15, 0.2) is 6.33 Å². The molecule has 2 amide bonds. The fraction of sp³-hybridized carbons (Fsp3) is 0.692. The van der Waals surface area contributed by atoms with E-state index in [-0.39, 0.29) is 6.03 Å². The van der Waals surface area contributed by atoms with Crippen LogP contribution in [0, 0.1) is 5.41 Å². The number of piperidine rings is 1. The Bertz CT molecular complexity index is 562. The van der Waals surface area contributed by atoms with Gasteiger partial charge in [-0.3, -0.25) is 4.79 Å². The molecule has 0 spiro atoms. The van der Waals surface area contributed by atoms with Crippen molar-refractivity contribution in [2.24, 2.45) is 5.41 Å². The maximum atomic E-state index is 12.5. The van der Waals surface area contributed by atoms with E-state index >= 15 is 0 Å². The van der Waals surface area contributed by atoms with Crippen molar-refractivity contribution >= 4 is 12.0 Å². The minimum absolute atomic E-state index is 0.0308. The molecular formula is C13H19N5O3. The first-order valence-corrected chi connectivity index (χ1v) is 7.13. The van der Waals surface area contributed by atoms with Crippen LogP contribution in [-0.4, -0.2) is 61.3 Å². The minimum atomic E-state index is -0.777. The molecule has 1 fully saturated rings. The molecule has 1 aromatic rings. The molecule has 2 aliphatic rings. The number of likely N-dealkylation sites (tertiary alicyclic amines) is 1. The number of hydrogen-bond acceptors (Lipinski definition) is 4. The maximum absolute atomic E-state index is 12.5. The SMILES string of the molecule is CC1(C(=O)O)CCN(C(=O)N2CCn3cnnc3C2)CC1. The second-order valence-corrected chi connectivity index (χ2v) is 6.00. The van der Waals surface area contributed by atoms with E-state index in [0.717, 1.165) is 5.82 Å². The molecule has 0 unspecified atom stereocenters. The lowest BCUT2D eigenvalue weighted by atomic mass is 9.80. The third kappa shape index (κ3) is 2.45. The number of carboxylic acids is 1. The number of carbonyl (C=O) groups is 2. The Balaban J connectivity index is 1.62. The van der Waals surface area contributed by atoms with Crippen LogP contribution >= 0.6 is 0 Å². The number of aliphatic carboxylic acids is 1. The quantitative estimate of drug-likeness (QED) is 0.809. The first-order chi connectivity index (χ1) is 9.99. The second-order valence-electron chi connectivity index (χ2n) is 6.00. The van der Waals surface area contributed by atoms with Crippen LogP contribution in [0.2, 0.25) is 0 Å². The van der Waals surface area contributed by atoms with Gasteiger partial charge in [-0.1, -0.05) is 0 Å². The van der Waals surface area contributed by atoms with Crippen LogP contribution in [-0.2, 0) is 17.9 Å². The average molecular weight is 293 g/mol. The van der Waals surface area contributed by atoms with Gasteiger partial charge < -0.3 is 19.5 Å². The summed E-state index contributed by atoms with van der Waals surface area (Å²) in [6.45, 7) is 4.53. The molecule has 1 saturated heterocycles. The molecule has 0 atom stereocenters. The Kier molecular flexibility index (Phi) is 3.30. The van der Waals surface area contributed by atoms with Crippen LogP contribution < -0.4 is 0 Å². The predicted molar refractivity (Wildman–Crippen MR) is 72.4 cm³/mol. The summed E-state index contributed by atoms with van der Waals surface area (Å²) in [5.41, 5.74) is -0.709. The van der Waals surface area contributed by atoms with Crippen molar-refractivity contribution in [3.63, 3.8) is 0 Å². The highest BCUT2D eigenvalue weighted by molar-refractivity contribution is 5.77. The molecular weight excluding hydrogens is 274 g/mol. The molecule has 0 aliphatic carbocycles. The number of rotatable bonds is 1.